The van der Waals surface area contributed by atoms with E-state index in [1.54, 1.807) is 0 Å². The number of aryl methyl sites for hydroxylation is 1. The minimum atomic E-state index is -0.199. The van der Waals surface area contributed by atoms with E-state index in [1.807, 2.05) is 39.0 Å². The molecule has 0 spiro atoms. The van der Waals surface area contributed by atoms with Gasteiger partial charge in [-0.1, -0.05) is 6.07 Å². The number of anilines is 1. The van der Waals surface area contributed by atoms with E-state index >= 15 is 0 Å². The van der Waals surface area contributed by atoms with Crippen molar-refractivity contribution in [3.63, 3.8) is 0 Å². The molecule has 0 unspecified atom stereocenters. The Bertz CT molecular complexity index is 511. The van der Waals surface area contributed by atoms with E-state index in [0.29, 0.717) is 11.4 Å². The number of rotatable bonds is 3. The number of hydrogen-bond acceptors (Lipinski definition) is 3. The van der Waals surface area contributed by atoms with Gasteiger partial charge < -0.3 is 10.1 Å². The highest BCUT2D eigenvalue weighted by Crippen LogP contribution is 2.32. The van der Waals surface area contributed by atoms with Crippen molar-refractivity contribution in [2.24, 2.45) is 0 Å². The van der Waals surface area contributed by atoms with Gasteiger partial charge in [-0.3, -0.25) is 14.5 Å². The Labute approximate surface area is 112 Å². The molecule has 5 nitrogen and oxygen atoms in total. The third kappa shape index (κ3) is 3.05. The second-order valence-corrected chi connectivity index (χ2v) is 4.96. The average molecular weight is 262 g/mol. The summed E-state index contributed by atoms with van der Waals surface area (Å²) in [5.41, 5.74) is 1.71. The van der Waals surface area contributed by atoms with E-state index < -0.39 is 0 Å². The molecule has 0 radical (unpaired) electrons. The van der Waals surface area contributed by atoms with Crippen molar-refractivity contribution in [1.82, 2.24) is 5.32 Å². The topological polar surface area (TPSA) is 58.6 Å². The van der Waals surface area contributed by atoms with Gasteiger partial charge in [-0.25, -0.2) is 0 Å². The monoisotopic (exact) mass is 262 g/mol. The third-order valence-corrected chi connectivity index (χ3v) is 2.81. The van der Waals surface area contributed by atoms with E-state index in [1.165, 1.54) is 4.90 Å². The molecule has 2 rings (SSSR count). The highest BCUT2D eigenvalue weighted by Gasteiger charge is 2.27. The summed E-state index contributed by atoms with van der Waals surface area (Å²) in [6, 6.07) is 5.63. The Hall–Kier alpha value is -2.04. The lowest BCUT2D eigenvalue weighted by Gasteiger charge is -2.29. The van der Waals surface area contributed by atoms with Gasteiger partial charge in [-0.2, -0.15) is 0 Å². The number of nitrogens with one attached hydrogen (secondary N) is 1. The Balaban J connectivity index is 2.21. The number of ether oxygens (including phenoxy) is 1. The molecular formula is C14H18N2O3. The van der Waals surface area contributed by atoms with Crippen LogP contribution in [0.25, 0.3) is 0 Å². The molecule has 0 aromatic heterocycles. The maximum atomic E-state index is 11.9. The molecule has 1 aliphatic rings. The van der Waals surface area contributed by atoms with Crippen LogP contribution in [0.2, 0.25) is 0 Å². The fraction of sp³-hybridized carbons (Fsp3) is 0.429. The molecule has 1 aliphatic heterocycles. The van der Waals surface area contributed by atoms with Gasteiger partial charge >= 0.3 is 0 Å². The lowest BCUT2D eigenvalue weighted by molar-refractivity contribution is -0.125. The first-order valence-electron chi connectivity index (χ1n) is 6.30. The summed E-state index contributed by atoms with van der Waals surface area (Å²) in [6.45, 7) is 5.73. The van der Waals surface area contributed by atoms with Crippen molar-refractivity contribution in [1.29, 1.82) is 0 Å². The van der Waals surface area contributed by atoms with Crippen LogP contribution >= 0.6 is 0 Å². The van der Waals surface area contributed by atoms with E-state index in [9.17, 15) is 9.59 Å². The molecule has 1 N–H and O–H groups in total. The fourth-order valence-electron chi connectivity index (χ4n) is 2.00. The van der Waals surface area contributed by atoms with E-state index in [2.05, 4.69) is 5.32 Å². The third-order valence-electron chi connectivity index (χ3n) is 2.81. The number of fused-ring (bicyclic) bond motifs is 1. The van der Waals surface area contributed by atoms with Gasteiger partial charge in [0.05, 0.1) is 5.69 Å². The van der Waals surface area contributed by atoms with Gasteiger partial charge in [0, 0.05) is 6.04 Å². The molecule has 5 heteroatoms. The molecule has 0 fully saturated rings. The number of carbonyl (C=O) groups excluding carboxylic acids is 2. The van der Waals surface area contributed by atoms with Gasteiger partial charge in [0.2, 0.25) is 5.91 Å². The molecule has 0 bridgehead atoms. The molecule has 0 saturated carbocycles. The lowest BCUT2D eigenvalue weighted by Crippen LogP contribution is -2.46. The first-order chi connectivity index (χ1) is 8.97. The Kier molecular flexibility index (Phi) is 3.74. The Morgan fingerprint density at radius 2 is 2.21 bits per heavy atom. The quantitative estimate of drug-likeness (QED) is 0.891. The second kappa shape index (κ2) is 5.30. The predicted molar refractivity (Wildman–Crippen MR) is 72.3 cm³/mol. The second-order valence-electron chi connectivity index (χ2n) is 4.96. The SMILES string of the molecule is Cc1ccc2c(c1)OCC(=O)N2CC(=O)NC(C)C. The summed E-state index contributed by atoms with van der Waals surface area (Å²) in [4.78, 5) is 25.2. The van der Waals surface area contributed by atoms with Gasteiger partial charge in [0.25, 0.3) is 5.91 Å². The van der Waals surface area contributed by atoms with E-state index in [4.69, 9.17) is 4.74 Å². The number of nitrogens with zero attached hydrogens (tertiary/aromatic N) is 1. The van der Waals surface area contributed by atoms with Crippen LogP contribution in [-0.4, -0.2) is 31.0 Å². The van der Waals surface area contributed by atoms with Crippen molar-refractivity contribution in [2.75, 3.05) is 18.1 Å². The first kappa shape index (κ1) is 13.4. The van der Waals surface area contributed by atoms with Crippen molar-refractivity contribution >= 4 is 17.5 Å². The van der Waals surface area contributed by atoms with Crippen LogP contribution in [0.5, 0.6) is 5.75 Å². The van der Waals surface area contributed by atoms with Crippen LogP contribution in [0.15, 0.2) is 18.2 Å². The Morgan fingerprint density at radius 3 is 2.89 bits per heavy atom. The van der Waals surface area contributed by atoms with Gasteiger partial charge in [0.1, 0.15) is 12.3 Å². The zero-order chi connectivity index (χ0) is 14.0. The van der Waals surface area contributed by atoms with Crippen LogP contribution in [-0.2, 0) is 9.59 Å². The van der Waals surface area contributed by atoms with E-state index in [-0.39, 0.29) is 31.0 Å². The number of hydrogen-bond donors (Lipinski definition) is 1. The zero-order valence-electron chi connectivity index (χ0n) is 11.4. The molecule has 0 atom stereocenters. The summed E-state index contributed by atoms with van der Waals surface area (Å²) in [6.07, 6.45) is 0. The van der Waals surface area contributed by atoms with Crippen LogP contribution in [0.1, 0.15) is 19.4 Å². The summed E-state index contributed by atoms with van der Waals surface area (Å²) < 4.78 is 5.39. The van der Waals surface area contributed by atoms with E-state index in [0.717, 1.165) is 5.56 Å². The standard InChI is InChI=1S/C14H18N2O3/c1-9(2)15-13(17)7-16-11-5-4-10(3)6-12(11)19-8-14(16)18/h4-6,9H,7-8H2,1-3H3,(H,15,17). The number of benzene rings is 1. The maximum Gasteiger partial charge on any atom is 0.265 e. The maximum absolute atomic E-state index is 11.9. The molecule has 0 aliphatic carbocycles. The molecule has 1 aromatic rings. The van der Waals surface area contributed by atoms with Crippen molar-refractivity contribution in [2.45, 2.75) is 26.8 Å². The van der Waals surface area contributed by atoms with Crippen molar-refractivity contribution in [3.05, 3.63) is 23.8 Å². The predicted octanol–water partition coefficient (Wildman–Crippen LogP) is 1.25. The normalized spacial score (nSPS) is 14.1. The molecule has 19 heavy (non-hydrogen) atoms. The molecular weight excluding hydrogens is 244 g/mol. The minimum absolute atomic E-state index is 0.0224. The minimum Gasteiger partial charge on any atom is -0.482 e. The van der Waals surface area contributed by atoms with Gasteiger partial charge in [-0.05, 0) is 38.5 Å². The fourth-order valence-corrected chi connectivity index (χ4v) is 2.00. The lowest BCUT2D eigenvalue weighted by atomic mass is 10.1. The van der Waals surface area contributed by atoms with Crippen LogP contribution in [0.4, 0.5) is 5.69 Å². The summed E-state index contributed by atoms with van der Waals surface area (Å²) in [7, 11) is 0. The number of carbonyl (C=O) groups is 2. The smallest absolute Gasteiger partial charge is 0.265 e. The summed E-state index contributed by atoms with van der Waals surface area (Å²) >= 11 is 0. The largest absolute Gasteiger partial charge is 0.482 e. The van der Waals surface area contributed by atoms with Crippen molar-refractivity contribution in [3.8, 4) is 5.75 Å². The molecule has 2 amide bonds. The molecule has 0 saturated heterocycles. The van der Waals surface area contributed by atoms with Crippen LogP contribution in [0, 0.1) is 6.92 Å². The van der Waals surface area contributed by atoms with Gasteiger partial charge in [0.15, 0.2) is 6.61 Å². The average Bonchev–Trinajstić information content (AvgIpc) is 2.32. The zero-order valence-corrected chi connectivity index (χ0v) is 11.4. The van der Waals surface area contributed by atoms with Crippen LogP contribution in [0.3, 0.4) is 0 Å². The summed E-state index contributed by atoms with van der Waals surface area (Å²) in [5, 5.41) is 2.78. The Morgan fingerprint density at radius 1 is 1.47 bits per heavy atom. The van der Waals surface area contributed by atoms with Crippen molar-refractivity contribution < 1.29 is 14.3 Å². The molecule has 1 heterocycles. The summed E-state index contributed by atoms with van der Waals surface area (Å²) in [5.74, 6) is 0.281. The first-order valence-corrected chi connectivity index (χ1v) is 6.30. The number of amides is 2. The highest BCUT2D eigenvalue weighted by atomic mass is 16.5. The highest BCUT2D eigenvalue weighted by molar-refractivity contribution is 6.02. The van der Waals surface area contributed by atoms with Crippen LogP contribution < -0.4 is 15.0 Å². The molecule has 102 valence electrons. The van der Waals surface area contributed by atoms with Gasteiger partial charge in [-0.15, -0.1) is 0 Å². The molecule has 1 aromatic carbocycles.